The second kappa shape index (κ2) is 6.29. The molecule has 0 saturated carbocycles. The van der Waals surface area contributed by atoms with E-state index in [0.29, 0.717) is 11.0 Å². The fraction of sp³-hybridized carbons (Fsp3) is 0.583. The Kier molecular flexibility index (Phi) is 4.69. The van der Waals surface area contributed by atoms with Gasteiger partial charge in [-0.15, -0.1) is 0 Å². The monoisotopic (exact) mass is 290 g/mol. The number of aromatic nitrogens is 1. The zero-order valence-electron chi connectivity index (χ0n) is 10.6. The third kappa shape index (κ3) is 2.97. The van der Waals surface area contributed by atoms with Gasteiger partial charge in [0, 0.05) is 12.8 Å². The van der Waals surface area contributed by atoms with Crippen LogP contribution in [0.3, 0.4) is 0 Å². The maximum Gasteiger partial charge on any atom is 0.319 e. The van der Waals surface area contributed by atoms with E-state index in [1.807, 2.05) is 0 Å². The summed E-state index contributed by atoms with van der Waals surface area (Å²) in [4.78, 5) is 12.0. The van der Waals surface area contributed by atoms with Crippen LogP contribution in [0.1, 0.15) is 23.5 Å². The third-order valence-electron chi connectivity index (χ3n) is 3.27. The lowest BCUT2D eigenvalue weighted by molar-refractivity contribution is -0.107. The Morgan fingerprint density at radius 3 is 3.00 bits per heavy atom. The molecule has 1 amide bonds. The minimum absolute atomic E-state index is 0.181. The van der Waals surface area contributed by atoms with Gasteiger partial charge in [-0.1, -0.05) is 0 Å². The topological polar surface area (TPSA) is 83.7 Å². The van der Waals surface area contributed by atoms with Crippen molar-refractivity contribution in [3.05, 3.63) is 24.0 Å². The van der Waals surface area contributed by atoms with E-state index in [1.54, 1.807) is 0 Å². The molecule has 0 spiro atoms. The van der Waals surface area contributed by atoms with Gasteiger partial charge in [-0.05, 0) is 18.6 Å². The van der Waals surface area contributed by atoms with Crippen LogP contribution in [0.4, 0.5) is 8.78 Å². The molecular formula is C12H16F2N2O4. The number of aliphatic hydroxyl groups excluding tert-OH is 2. The van der Waals surface area contributed by atoms with Crippen molar-refractivity contribution >= 4 is 5.91 Å². The highest BCUT2D eigenvalue weighted by Crippen LogP contribution is 2.17. The number of ether oxygens (including phenoxy) is 1. The van der Waals surface area contributed by atoms with E-state index in [1.165, 1.54) is 12.1 Å². The largest absolute Gasteiger partial charge is 0.394 e. The molecule has 2 heterocycles. The molecule has 6 nitrogen and oxygen atoms in total. The molecule has 2 rings (SSSR count). The van der Waals surface area contributed by atoms with Crippen molar-refractivity contribution in [3.63, 3.8) is 0 Å². The summed E-state index contributed by atoms with van der Waals surface area (Å²) in [6.45, 7) is -2.92. The first-order valence-electron chi connectivity index (χ1n) is 6.21. The van der Waals surface area contributed by atoms with Crippen LogP contribution in [0, 0.1) is 0 Å². The number of nitrogens with one attached hydrogen (secondary N) is 1. The summed E-state index contributed by atoms with van der Waals surface area (Å²) in [7, 11) is 0. The minimum atomic E-state index is -2.81. The van der Waals surface area contributed by atoms with Crippen molar-refractivity contribution in [3.8, 4) is 0 Å². The van der Waals surface area contributed by atoms with E-state index in [2.05, 4.69) is 5.32 Å². The average molecular weight is 290 g/mol. The van der Waals surface area contributed by atoms with Crippen LogP contribution in [0.2, 0.25) is 0 Å². The zero-order chi connectivity index (χ0) is 14.7. The number of halogens is 2. The van der Waals surface area contributed by atoms with Crippen molar-refractivity contribution in [2.24, 2.45) is 0 Å². The Labute approximate surface area is 114 Å². The van der Waals surface area contributed by atoms with Gasteiger partial charge in [0.2, 0.25) is 0 Å². The number of alkyl halides is 2. The molecule has 8 heteroatoms. The minimum Gasteiger partial charge on any atom is -0.394 e. The van der Waals surface area contributed by atoms with Gasteiger partial charge >= 0.3 is 6.55 Å². The van der Waals surface area contributed by atoms with E-state index in [9.17, 15) is 18.7 Å². The van der Waals surface area contributed by atoms with Gasteiger partial charge < -0.3 is 20.3 Å². The summed E-state index contributed by atoms with van der Waals surface area (Å²) >= 11 is 0. The van der Waals surface area contributed by atoms with Gasteiger partial charge in [0.1, 0.15) is 17.9 Å². The number of aliphatic hydroxyl groups is 2. The van der Waals surface area contributed by atoms with Gasteiger partial charge in [-0.2, -0.15) is 8.78 Å². The molecule has 0 unspecified atom stereocenters. The van der Waals surface area contributed by atoms with Crippen LogP contribution in [0.5, 0.6) is 0 Å². The molecular weight excluding hydrogens is 274 g/mol. The molecule has 1 aromatic heterocycles. The first-order chi connectivity index (χ1) is 9.54. The van der Waals surface area contributed by atoms with Crippen molar-refractivity contribution in [1.82, 2.24) is 9.88 Å². The van der Waals surface area contributed by atoms with Gasteiger partial charge in [-0.25, -0.2) is 0 Å². The van der Waals surface area contributed by atoms with E-state index in [-0.39, 0.29) is 18.9 Å². The molecule has 3 N–H and O–H groups in total. The molecule has 0 radical (unpaired) electrons. The molecule has 1 saturated heterocycles. The summed E-state index contributed by atoms with van der Waals surface area (Å²) in [6.07, 6.45) is -0.404. The lowest BCUT2D eigenvalue weighted by Crippen LogP contribution is -2.54. The fourth-order valence-electron chi connectivity index (χ4n) is 2.19. The first kappa shape index (κ1) is 14.9. The smallest absolute Gasteiger partial charge is 0.319 e. The van der Waals surface area contributed by atoms with Gasteiger partial charge in [0.25, 0.3) is 5.91 Å². The summed E-state index contributed by atoms with van der Waals surface area (Å²) in [5.41, 5.74) is -0.181. The molecule has 0 bridgehead atoms. The number of hydrogen-bond donors (Lipinski definition) is 3. The van der Waals surface area contributed by atoms with Crippen molar-refractivity contribution in [2.75, 3.05) is 13.2 Å². The van der Waals surface area contributed by atoms with Crippen LogP contribution in [-0.4, -0.2) is 52.2 Å². The standard InChI is InChI=1S/C12H16F2N2O4/c13-12(14)16-4-1-2-8(16)11(19)15-7-3-5-20-9(6-17)10(7)18/h1-2,4,7,9-10,12,17-18H,3,5-6H2,(H,15,19)/t7-,9+,10-/m0/s1. The summed E-state index contributed by atoms with van der Waals surface area (Å²) in [5.74, 6) is -0.696. The number of carbonyl (C=O) groups excluding carboxylic acids is 1. The first-order valence-corrected chi connectivity index (χ1v) is 6.21. The Balaban J connectivity index is 2.05. The highest BCUT2D eigenvalue weighted by atomic mass is 19.3. The molecule has 112 valence electrons. The third-order valence-corrected chi connectivity index (χ3v) is 3.27. The molecule has 1 aliphatic rings. The van der Waals surface area contributed by atoms with Crippen molar-refractivity contribution in [1.29, 1.82) is 0 Å². The van der Waals surface area contributed by atoms with E-state index >= 15 is 0 Å². The van der Waals surface area contributed by atoms with Crippen molar-refractivity contribution < 1.29 is 28.5 Å². The van der Waals surface area contributed by atoms with E-state index in [0.717, 1.165) is 6.20 Å². The van der Waals surface area contributed by atoms with E-state index < -0.39 is 30.7 Å². The molecule has 1 aliphatic heterocycles. The number of hydrogen-bond acceptors (Lipinski definition) is 4. The van der Waals surface area contributed by atoms with Crippen LogP contribution >= 0.6 is 0 Å². The van der Waals surface area contributed by atoms with Crippen LogP contribution in [-0.2, 0) is 4.74 Å². The fourth-order valence-corrected chi connectivity index (χ4v) is 2.19. The molecule has 0 aliphatic carbocycles. The normalized spacial score (nSPS) is 26.8. The SMILES string of the molecule is O=C(N[C@H]1CCO[C@H](CO)[C@H]1O)c1cccn1C(F)F. The van der Waals surface area contributed by atoms with Gasteiger partial charge in [-0.3, -0.25) is 9.36 Å². The molecule has 0 aromatic carbocycles. The molecule has 1 aromatic rings. The van der Waals surface area contributed by atoms with Gasteiger partial charge in [0.15, 0.2) is 0 Å². The summed E-state index contributed by atoms with van der Waals surface area (Å²) in [5, 5.41) is 21.4. The maximum atomic E-state index is 12.7. The highest BCUT2D eigenvalue weighted by Gasteiger charge is 2.33. The number of rotatable bonds is 4. The van der Waals surface area contributed by atoms with Crippen molar-refractivity contribution in [2.45, 2.75) is 31.2 Å². The zero-order valence-corrected chi connectivity index (χ0v) is 10.6. The lowest BCUT2D eigenvalue weighted by Gasteiger charge is -2.34. The Bertz CT molecular complexity index is 466. The second-order valence-electron chi connectivity index (χ2n) is 4.53. The Hall–Kier alpha value is -1.51. The lowest BCUT2D eigenvalue weighted by atomic mass is 10.00. The van der Waals surface area contributed by atoms with Gasteiger partial charge in [0.05, 0.1) is 12.6 Å². The van der Waals surface area contributed by atoms with E-state index in [4.69, 9.17) is 9.84 Å². The Morgan fingerprint density at radius 1 is 1.60 bits per heavy atom. The Morgan fingerprint density at radius 2 is 2.35 bits per heavy atom. The molecule has 3 atom stereocenters. The van der Waals surface area contributed by atoms with Crippen LogP contribution in [0.25, 0.3) is 0 Å². The van der Waals surface area contributed by atoms with Crippen LogP contribution in [0.15, 0.2) is 18.3 Å². The number of amides is 1. The summed E-state index contributed by atoms with van der Waals surface area (Å²) < 4.78 is 31.0. The maximum absolute atomic E-state index is 12.7. The average Bonchev–Trinajstić information content (AvgIpc) is 2.90. The molecule has 1 fully saturated rings. The predicted octanol–water partition coefficient (Wildman–Crippen LogP) is 0.124. The quantitative estimate of drug-likeness (QED) is 0.735. The number of nitrogens with zero attached hydrogens (tertiary/aromatic N) is 1. The summed E-state index contributed by atoms with van der Waals surface area (Å²) in [6, 6.07) is 1.98. The van der Waals surface area contributed by atoms with Crippen LogP contribution < -0.4 is 5.32 Å². The number of carbonyl (C=O) groups is 1. The molecule has 20 heavy (non-hydrogen) atoms. The second-order valence-corrected chi connectivity index (χ2v) is 4.53. The highest BCUT2D eigenvalue weighted by molar-refractivity contribution is 5.93. The predicted molar refractivity (Wildman–Crippen MR) is 64.4 cm³/mol.